The maximum absolute atomic E-state index is 13.2. The first kappa shape index (κ1) is 24.3. The molecule has 0 aromatic heterocycles. The van der Waals surface area contributed by atoms with Gasteiger partial charge in [0.1, 0.15) is 5.82 Å². The number of carbonyl (C=O) groups is 2. The first-order valence-corrected chi connectivity index (χ1v) is 13.2. The molecule has 1 aliphatic heterocycles. The molecule has 2 aromatic carbocycles. The molecule has 2 aliphatic rings. The summed E-state index contributed by atoms with van der Waals surface area (Å²) in [7, 11) is -3.81. The van der Waals surface area contributed by atoms with Crippen molar-refractivity contribution in [2.45, 2.75) is 55.5 Å². The molecule has 1 heterocycles. The predicted molar refractivity (Wildman–Crippen MR) is 126 cm³/mol. The minimum Gasteiger partial charge on any atom is -0.351 e. The van der Waals surface area contributed by atoms with E-state index in [2.05, 4.69) is 10.6 Å². The number of amides is 2. The van der Waals surface area contributed by atoms with Crippen molar-refractivity contribution in [1.82, 2.24) is 14.9 Å². The molecule has 2 N–H and O–H groups in total. The van der Waals surface area contributed by atoms with Gasteiger partial charge in [0, 0.05) is 30.7 Å². The summed E-state index contributed by atoms with van der Waals surface area (Å²) in [5.74, 6) is -1.33. The molecule has 2 fully saturated rings. The fourth-order valence-corrected chi connectivity index (χ4v) is 6.27. The van der Waals surface area contributed by atoms with E-state index < -0.39 is 21.8 Å². The van der Waals surface area contributed by atoms with Gasteiger partial charge in [-0.05, 0) is 62.1 Å². The lowest BCUT2D eigenvalue weighted by Gasteiger charge is -2.36. The Balaban J connectivity index is 1.39. The molecule has 3 atom stereocenters. The Morgan fingerprint density at radius 3 is 2.18 bits per heavy atom. The van der Waals surface area contributed by atoms with Crippen LogP contribution in [0, 0.1) is 11.7 Å². The summed E-state index contributed by atoms with van der Waals surface area (Å²) >= 11 is 0. The summed E-state index contributed by atoms with van der Waals surface area (Å²) in [4.78, 5) is 25.8. The maximum atomic E-state index is 13.2. The molecule has 1 saturated carbocycles. The van der Waals surface area contributed by atoms with E-state index in [1.807, 2.05) is 18.2 Å². The summed E-state index contributed by atoms with van der Waals surface area (Å²) < 4.78 is 40.5. The van der Waals surface area contributed by atoms with E-state index >= 15 is 0 Å². The molecule has 4 rings (SSSR count). The fraction of sp³-hybridized carbons (Fsp3) is 0.440. The van der Waals surface area contributed by atoms with E-state index in [9.17, 15) is 22.4 Å². The normalized spacial score (nSPS) is 23.7. The average Bonchev–Trinajstić information content (AvgIpc) is 2.86. The molecule has 1 saturated heterocycles. The molecular formula is C25H30FN3O4S. The van der Waals surface area contributed by atoms with Crippen LogP contribution in [0.15, 0.2) is 59.5 Å². The van der Waals surface area contributed by atoms with E-state index in [0.717, 1.165) is 37.8 Å². The molecule has 0 unspecified atom stereocenters. The van der Waals surface area contributed by atoms with Gasteiger partial charge in [0.2, 0.25) is 15.9 Å². The van der Waals surface area contributed by atoms with Crippen molar-refractivity contribution in [2.24, 2.45) is 5.92 Å². The van der Waals surface area contributed by atoms with Crippen molar-refractivity contribution < 1.29 is 22.4 Å². The Morgan fingerprint density at radius 2 is 1.50 bits per heavy atom. The monoisotopic (exact) mass is 487 g/mol. The summed E-state index contributed by atoms with van der Waals surface area (Å²) in [6.07, 6.45) is 4.62. The average molecular weight is 488 g/mol. The van der Waals surface area contributed by atoms with Crippen molar-refractivity contribution in [3.8, 4) is 0 Å². The zero-order chi connectivity index (χ0) is 24.1. The summed E-state index contributed by atoms with van der Waals surface area (Å²) in [5, 5.41) is 6.15. The van der Waals surface area contributed by atoms with Crippen LogP contribution in [0.5, 0.6) is 0 Å². The van der Waals surface area contributed by atoms with Crippen molar-refractivity contribution >= 4 is 21.8 Å². The number of nitrogens with one attached hydrogen (secondary N) is 2. The minimum atomic E-state index is -3.81. The van der Waals surface area contributed by atoms with Crippen LogP contribution in [0.2, 0.25) is 0 Å². The van der Waals surface area contributed by atoms with E-state index in [1.165, 1.54) is 16.4 Å². The molecule has 2 aromatic rings. The van der Waals surface area contributed by atoms with Crippen LogP contribution in [-0.4, -0.2) is 49.7 Å². The number of nitrogens with zero attached hydrogens (tertiary/aromatic N) is 1. The third-order valence-electron chi connectivity index (χ3n) is 6.65. The Bertz CT molecular complexity index is 1110. The second kappa shape index (κ2) is 10.7. The van der Waals surface area contributed by atoms with Gasteiger partial charge in [0.25, 0.3) is 5.91 Å². The first-order chi connectivity index (χ1) is 16.3. The Hall–Kier alpha value is -2.78. The van der Waals surface area contributed by atoms with Crippen molar-refractivity contribution in [2.75, 3.05) is 13.1 Å². The number of rotatable bonds is 6. The summed E-state index contributed by atoms with van der Waals surface area (Å²) in [6, 6.07) is 13.3. The summed E-state index contributed by atoms with van der Waals surface area (Å²) in [5.41, 5.74) is 0.576. The molecule has 34 heavy (non-hydrogen) atoms. The quantitative estimate of drug-likeness (QED) is 0.655. The molecule has 0 spiro atoms. The number of halogens is 1. The topological polar surface area (TPSA) is 95.6 Å². The van der Waals surface area contributed by atoms with Crippen molar-refractivity contribution in [3.63, 3.8) is 0 Å². The molecule has 2 amide bonds. The SMILES string of the molecule is O=C(N[C@@H]1CCCC[C@H]1NC(=O)[C@@H]1CCCN(S(=O)(=O)c2ccc(F)cc2)C1)c1ccccc1. The third-order valence-corrected chi connectivity index (χ3v) is 8.53. The van der Waals surface area contributed by atoms with Gasteiger partial charge >= 0.3 is 0 Å². The minimum absolute atomic E-state index is 0.0194. The molecule has 0 bridgehead atoms. The summed E-state index contributed by atoms with van der Waals surface area (Å²) in [6.45, 7) is 0.405. The molecule has 1 aliphatic carbocycles. The van der Waals surface area contributed by atoms with E-state index in [4.69, 9.17) is 0 Å². The number of benzene rings is 2. The lowest BCUT2D eigenvalue weighted by atomic mass is 9.89. The van der Waals surface area contributed by atoms with Gasteiger partial charge in [-0.1, -0.05) is 31.0 Å². The number of piperidine rings is 1. The van der Waals surface area contributed by atoms with Gasteiger partial charge < -0.3 is 10.6 Å². The van der Waals surface area contributed by atoms with Gasteiger partial charge in [0.15, 0.2) is 0 Å². The third kappa shape index (κ3) is 5.64. The molecular weight excluding hydrogens is 457 g/mol. The van der Waals surface area contributed by atoms with Crippen LogP contribution in [0.1, 0.15) is 48.9 Å². The number of hydrogen-bond acceptors (Lipinski definition) is 4. The highest BCUT2D eigenvalue weighted by atomic mass is 32.2. The lowest BCUT2D eigenvalue weighted by Crippen LogP contribution is -2.55. The predicted octanol–water partition coefficient (Wildman–Crippen LogP) is 3.08. The highest BCUT2D eigenvalue weighted by Gasteiger charge is 2.35. The Kier molecular flexibility index (Phi) is 7.63. The van der Waals surface area contributed by atoms with Gasteiger partial charge in [-0.15, -0.1) is 0 Å². The van der Waals surface area contributed by atoms with Crippen LogP contribution in [0.4, 0.5) is 4.39 Å². The lowest BCUT2D eigenvalue weighted by molar-refractivity contribution is -0.127. The molecule has 9 heteroatoms. The number of hydrogen-bond donors (Lipinski definition) is 2. The number of carbonyl (C=O) groups excluding carboxylic acids is 2. The zero-order valence-electron chi connectivity index (χ0n) is 19.0. The smallest absolute Gasteiger partial charge is 0.251 e. The van der Waals surface area contributed by atoms with Crippen LogP contribution >= 0.6 is 0 Å². The van der Waals surface area contributed by atoms with Gasteiger partial charge in [0.05, 0.1) is 10.8 Å². The molecule has 0 radical (unpaired) electrons. The van der Waals surface area contributed by atoms with Crippen LogP contribution < -0.4 is 10.6 Å². The van der Waals surface area contributed by atoms with Crippen molar-refractivity contribution in [1.29, 1.82) is 0 Å². The Morgan fingerprint density at radius 1 is 0.853 bits per heavy atom. The molecule has 182 valence electrons. The van der Waals surface area contributed by atoms with E-state index in [1.54, 1.807) is 12.1 Å². The highest BCUT2D eigenvalue weighted by molar-refractivity contribution is 7.89. The zero-order valence-corrected chi connectivity index (χ0v) is 19.8. The maximum Gasteiger partial charge on any atom is 0.251 e. The van der Waals surface area contributed by atoms with Gasteiger partial charge in [-0.3, -0.25) is 9.59 Å². The van der Waals surface area contributed by atoms with E-state index in [-0.39, 0.29) is 35.3 Å². The van der Waals surface area contributed by atoms with Gasteiger partial charge in [-0.25, -0.2) is 12.8 Å². The van der Waals surface area contributed by atoms with Crippen LogP contribution in [-0.2, 0) is 14.8 Å². The fourth-order valence-electron chi connectivity index (χ4n) is 4.75. The van der Waals surface area contributed by atoms with E-state index in [0.29, 0.717) is 24.9 Å². The van der Waals surface area contributed by atoms with Crippen molar-refractivity contribution in [3.05, 3.63) is 66.0 Å². The highest BCUT2D eigenvalue weighted by Crippen LogP contribution is 2.25. The Labute approximate surface area is 199 Å². The largest absolute Gasteiger partial charge is 0.351 e. The van der Waals surface area contributed by atoms with Crippen LogP contribution in [0.3, 0.4) is 0 Å². The molecule has 7 nitrogen and oxygen atoms in total. The first-order valence-electron chi connectivity index (χ1n) is 11.8. The number of sulfonamides is 1. The van der Waals surface area contributed by atoms with Crippen LogP contribution in [0.25, 0.3) is 0 Å². The van der Waals surface area contributed by atoms with Gasteiger partial charge in [-0.2, -0.15) is 4.31 Å². The second-order valence-electron chi connectivity index (χ2n) is 9.00. The standard InChI is InChI=1S/C25H30FN3O4S/c26-20-12-14-21(15-13-20)34(32,33)29-16-6-9-19(17-29)25(31)28-23-11-5-4-10-22(23)27-24(30)18-7-2-1-3-8-18/h1-3,7-8,12-15,19,22-23H,4-6,9-11,16-17H2,(H,27,30)(H,28,31)/t19-,22-,23-/m1/s1. The second-order valence-corrected chi connectivity index (χ2v) is 10.9.